The standard InChI is InChI=1S/C16H19ClN2O.ClH/c17-14-3-1-11(2-4-14)16(20)18-15-12-5-10-6-13(15)9-19(7-10)8-12;/h1-4,10,12-13,15H,5-9H2,(H,18,20);1H/t10?,12-,13-,15?;/m0./s1. The van der Waals surface area contributed by atoms with Gasteiger partial charge in [0, 0.05) is 36.3 Å². The quantitative estimate of drug-likeness (QED) is 0.906. The molecule has 21 heavy (non-hydrogen) atoms. The van der Waals surface area contributed by atoms with E-state index < -0.39 is 0 Å². The summed E-state index contributed by atoms with van der Waals surface area (Å²) < 4.78 is 0. The summed E-state index contributed by atoms with van der Waals surface area (Å²) in [6.07, 6.45) is 2.58. The van der Waals surface area contributed by atoms with Crippen LogP contribution in [0.15, 0.2) is 24.3 Å². The van der Waals surface area contributed by atoms with Crippen molar-refractivity contribution in [3.63, 3.8) is 0 Å². The molecule has 1 saturated carbocycles. The number of halogens is 2. The van der Waals surface area contributed by atoms with Crippen molar-refractivity contribution < 1.29 is 4.79 Å². The molecular formula is C16H20Cl2N2O. The Labute approximate surface area is 136 Å². The molecule has 4 fully saturated rings. The van der Waals surface area contributed by atoms with E-state index in [0.29, 0.717) is 28.5 Å². The normalized spacial score (nSPS) is 36.1. The van der Waals surface area contributed by atoms with E-state index in [4.69, 9.17) is 11.6 Å². The lowest BCUT2D eigenvalue weighted by Gasteiger charge is -2.55. The van der Waals surface area contributed by atoms with Crippen LogP contribution < -0.4 is 5.32 Å². The molecule has 3 nitrogen and oxygen atoms in total. The number of nitrogens with zero attached hydrogens (tertiary/aromatic N) is 1. The number of nitrogens with one attached hydrogen (secondary N) is 1. The molecule has 4 aliphatic rings. The molecule has 1 aliphatic carbocycles. The number of benzene rings is 1. The van der Waals surface area contributed by atoms with Gasteiger partial charge in [-0.15, -0.1) is 12.4 Å². The lowest BCUT2D eigenvalue weighted by molar-refractivity contribution is -0.0418. The number of carbonyl (C=O) groups excluding carboxylic acids is 1. The van der Waals surface area contributed by atoms with Gasteiger partial charge in [-0.25, -0.2) is 0 Å². The van der Waals surface area contributed by atoms with Crippen LogP contribution in [0.4, 0.5) is 0 Å². The Hall–Kier alpha value is -0.770. The number of amides is 1. The molecule has 114 valence electrons. The summed E-state index contributed by atoms with van der Waals surface area (Å²) in [4.78, 5) is 15.0. The summed E-state index contributed by atoms with van der Waals surface area (Å²) in [7, 11) is 0. The molecule has 4 bridgehead atoms. The zero-order valence-electron chi connectivity index (χ0n) is 11.8. The predicted octanol–water partition coefficient (Wildman–Crippen LogP) is 2.83. The smallest absolute Gasteiger partial charge is 0.251 e. The monoisotopic (exact) mass is 326 g/mol. The first-order valence-electron chi connectivity index (χ1n) is 7.48. The summed E-state index contributed by atoms with van der Waals surface area (Å²) >= 11 is 5.87. The molecule has 1 amide bonds. The van der Waals surface area contributed by atoms with Gasteiger partial charge in [-0.05, 0) is 54.9 Å². The Morgan fingerprint density at radius 3 is 2.29 bits per heavy atom. The number of hydrogen-bond acceptors (Lipinski definition) is 2. The molecule has 0 spiro atoms. The van der Waals surface area contributed by atoms with Gasteiger partial charge in [-0.3, -0.25) is 4.79 Å². The minimum Gasteiger partial charge on any atom is -0.349 e. The van der Waals surface area contributed by atoms with Crippen LogP contribution in [0.1, 0.15) is 23.2 Å². The van der Waals surface area contributed by atoms with E-state index >= 15 is 0 Å². The first kappa shape index (κ1) is 15.1. The molecule has 2 atom stereocenters. The maximum Gasteiger partial charge on any atom is 0.251 e. The van der Waals surface area contributed by atoms with Crippen LogP contribution in [-0.4, -0.2) is 36.5 Å². The Kier molecular flexibility index (Phi) is 4.17. The molecule has 5 heteroatoms. The minimum atomic E-state index is 0. The SMILES string of the molecule is Cl.O=C(NC1[C@H]2CC3C[C@H]1CN(C3)C2)c1ccc(Cl)cc1. The molecule has 1 N–H and O–H groups in total. The van der Waals surface area contributed by atoms with Crippen LogP contribution in [0.3, 0.4) is 0 Å². The maximum absolute atomic E-state index is 12.4. The summed E-state index contributed by atoms with van der Waals surface area (Å²) in [5, 5.41) is 3.96. The van der Waals surface area contributed by atoms with E-state index in [1.165, 1.54) is 32.5 Å². The van der Waals surface area contributed by atoms with Gasteiger partial charge < -0.3 is 10.2 Å². The van der Waals surface area contributed by atoms with E-state index in [1.54, 1.807) is 24.3 Å². The Bertz CT molecular complexity index is 504. The number of carbonyl (C=O) groups is 1. The van der Waals surface area contributed by atoms with Crippen molar-refractivity contribution in [2.45, 2.75) is 18.9 Å². The second kappa shape index (κ2) is 5.79. The highest BCUT2D eigenvalue weighted by atomic mass is 35.5. The summed E-state index contributed by atoms with van der Waals surface area (Å²) in [6, 6.07) is 7.53. The molecular weight excluding hydrogens is 307 g/mol. The topological polar surface area (TPSA) is 32.3 Å². The zero-order valence-corrected chi connectivity index (χ0v) is 13.4. The first-order chi connectivity index (χ1) is 9.69. The Morgan fingerprint density at radius 1 is 1.10 bits per heavy atom. The minimum absolute atomic E-state index is 0. The molecule has 3 aliphatic heterocycles. The molecule has 3 saturated heterocycles. The second-order valence-electron chi connectivity index (χ2n) is 6.58. The average molecular weight is 327 g/mol. The molecule has 0 unspecified atom stereocenters. The zero-order chi connectivity index (χ0) is 13.7. The largest absolute Gasteiger partial charge is 0.349 e. The summed E-state index contributed by atoms with van der Waals surface area (Å²) in [6.45, 7) is 3.61. The third-order valence-electron chi connectivity index (χ3n) is 5.19. The number of piperidine rings is 3. The second-order valence-corrected chi connectivity index (χ2v) is 7.02. The third-order valence-corrected chi connectivity index (χ3v) is 5.45. The Morgan fingerprint density at radius 2 is 1.71 bits per heavy atom. The maximum atomic E-state index is 12.4. The molecule has 5 rings (SSSR count). The van der Waals surface area contributed by atoms with Gasteiger partial charge in [0.2, 0.25) is 0 Å². The van der Waals surface area contributed by atoms with Crippen LogP contribution in [0, 0.1) is 17.8 Å². The number of hydrogen-bond donors (Lipinski definition) is 1. The third kappa shape index (κ3) is 2.79. The summed E-state index contributed by atoms with van der Waals surface area (Å²) in [5.41, 5.74) is 0.712. The van der Waals surface area contributed by atoms with E-state index in [9.17, 15) is 4.79 Å². The molecule has 3 heterocycles. The first-order valence-corrected chi connectivity index (χ1v) is 7.85. The van der Waals surface area contributed by atoms with Gasteiger partial charge >= 0.3 is 0 Å². The van der Waals surface area contributed by atoms with Crippen molar-refractivity contribution in [3.05, 3.63) is 34.9 Å². The van der Waals surface area contributed by atoms with Crippen molar-refractivity contribution in [3.8, 4) is 0 Å². The fourth-order valence-corrected chi connectivity index (χ4v) is 4.61. The highest BCUT2D eigenvalue weighted by Gasteiger charge is 2.47. The lowest BCUT2D eigenvalue weighted by atomic mass is 9.65. The highest BCUT2D eigenvalue weighted by molar-refractivity contribution is 6.30. The van der Waals surface area contributed by atoms with Gasteiger partial charge in [0.1, 0.15) is 0 Å². The van der Waals surface area contributed by atoms with Crippen molar-refractivity contribution >= 4 is 29.9 Å². The van der Waals surface area contributed by atoms with Gasteiger partial charge in [0.25, 0.3) is 5.91 Å². The highest BCUT2D eigenvalue weighted by Crippen LogP contribution is 2.43. The van der Waals surface area contributed by atoms with Crippen molar-refractivity contribution in [2.24, 2.45) is 17.8 Å². The van der Waals surface area contributed by atoms with Gasteiger partial charge in [0.05, 0.1) is 0 Å². The van der Waals surface area contributed by atoms with E-state index in [-0.39, 0.29) is 18.3 Å². The number of rotatable bonds is 2. The van der Waals surface area contributed by atoms with Crippen LogP contribution in [-0.2, 0) is 0 Å². The Balaban J connectivity index is 0.00000132. The van der Waals surface area contributed by atoms with Crippen molar-refractivity contribution in [2.75, 3.05) is 19.6 Å². The van der Waals surface area contributed by atoms with Gasteiger partial charge in [-0.2, -0.15) is 0 Å². The van der Waals surface area contributed by atoms with Crippen LogP contribution in [0.2, 0.25) is 5.02 Å². The lowest BCUT2D eigenvalue weighted by Crippen LogP contribution is -2.64. The van der Waals surface area contributed by atoms with E-state index in [0.717, 1.165) is 5.92 Å². The fraction of sp³-hybridized carbons (Fsp3) is 0.562. The average Bonchev–Trinajstić information content (AvgIpc) is 2.42. The predicted molar refractivity (Wildman–Crippen MR) is 86.1 cm³/mol. The van der Waals surface area contributed by atoms with Crippen molar-refractivity contribution in [1.82, 2.24) is 10.2 Å². The molecule has 1 aromatic rings. The molecule has 1 aromatic carbocycles. The summed E-state index contributed by atoms with van der Waals surface area (Å²) in [5.74, 6) is 2.22. The van der Waals surface area contributed by atoms with E-state index in [1.807, 2.05) is 0 Å². The van der Waals surface area contributed by atoms with Crippen molar-refractivity contribution in [1.29, 1.82) is 0 Å². The molecule has 0 aromatic heterocycles. The van der Waals surface area contributed by atoms with Gasteiger partial charge in [-0.1, -0.05) is 11.6 Å². The van der Waals surface area contributed by atoms with Gasteiger partial charge in [0.15, 0.2) is 0 Å². The van der Waals surface area contributed by atoms with Crippen LogP contribution >= 0.6 is 24.0 Å². The van der Waals surface area contributed by atoms with E-state index in [2.05, 4.69) is 10.2 Å². The van der Waals surface area contributed by atoms with Crippen LogP contribution in [0.5, 0.6) is 0 Å². The molecule has 0 radical (unpaired) electrons. The van der Waals surface area contributed by atoms with Crippen LogP contribution in [0.25, 0.3) is 0 Å². The fourth-order valence-electron chi connectivity index (χ4n) is 4.48.